The van der Waals surface area contributed by atoms with E-state index in [-0.39, 0.29) is 18.6 Å². The number of aromatic nitrogens is 3. The number of H-pyrrole nitrogens is 1. The molecule has 0 aliphatic rings. The highest BCUT2D eigenvalue weighted by Gasteiger charge is 2.17. The molecule has 0 bridgehead atoms. The van der Waals surface area contributed by atoms with Crippen LogP contribution in [0.25, 0.3) is 0 Å². The molecule has 0 saturated carbocycles. The van der Waals surface area contributed by atoms with Gasteiger partial charge in [0, 0.05) is 0 Å². The minimum absolute atomic E-state index is 0.0427. The highest BCUT2D eigenvalue weighted by molar-refractivity contribution is 7.91. The van der Waals surface area contributed by atoms with E-state index in [2.05, 4.69) is 24.7 Å². The van der Waals surface area contributed by atoms with Gasteiger partial charge in [-0.15, -0.1) is 5.10 Å². The van der Waals surface area contributed by atoms with Crippen LogP contribution in [0.3, 0.4) is 0 Å². The maximum Gasteiger partial charge on any atom is 0.422 e. The number of hydrogen-bond acceptors (Lipinski definition) is 7. The molecule has 0 unspecified atom stereocenters. The summed E-state index contributed by atoms with van der Waals surface area (Å²) in [5, 5.41) is 5.75. The van der Waals surface area contributed by atoms with Gasteiger partial charge in [-0.2, -0.15) is 13.4 Å². The zero-order chi connectivity index (χ0) is 12.9. The van der Waals surface area contributed by atoms with Crippen molar-refractivity contribution in [2.45, 2.75) is 6.92 Å². The monoisotopic (exact) mass is 265 g/mol. The molecule has 0 aliphatic heterocycles. The molecule has 0 fully saturated rings. The second kappa shape index (κ2) is 5.34. The summed E-state index contributed by atoms with van der Waals surface area (Å²) < 4.78 is 35.2. The van der Waals surface area contributed by atoms with E-state index in [9.17, 15) is 13.2 Å². The van der Waals surface area contributed by atoms with Crippen molar-refractivity contribution in [3.8, 4) is 6.01 Å². The zero-order valence-corrected chi connectivity index (χ0v) is 9.87. The molecule has 3 N–H and O–H groups in total. The summed E-state index contributed by atoms with van der Waals surface area (Å²) in [6.07, 6.45) is -1.09. The highest BCUT2D eigenvalue weighted by Crippen LogP contribution is 2.05. The molecule has 1 heterocycles. The molecular weight excluding hydrogens is 254 g/mol. The number of ether oxygens (including phenoxy) is 2. The Bertz CT molecular complexity index is 483. The number of carbonyl (C=O) groups excluding carboxylic acids is 1. The highest BCUT2D eigenvalue weighted by atomic mass is 32.2. The lowest BCUT2D eigenvalue weighted by atomic mass is 10.9. The summed E-state index contributed by atoms with van der Waals surface area (Å²) in [7, 11) is -2.80. The van der Waals surface area contributed by atoms with Crippen LogP contribution in [0.1, 0.15) is 6.92 Å². The van der Waals surface area contributed by atoms with Crippen LogP contribution in [-0.4, -0.2) is 43.4 Å². The SMILES string of the molecule is CCOC(=O)NS(=O)(=O)Nc1nc(OC)n[nH]1. The fraction of sp³-hybridized carbons (Fsp3) is 0.500. The lowest BCUT2D eigenvalue weighted by Gasteiger charge is -2.06. The number of anilines is 1. The van der Waals surface area contributed by atoms with E-state index in [0.29, 0.717) is 0 Å². The maximum atomic E-state index is 11.3. The average molecular weight is 265 g/mol. The van der Waals surface area contributed by atoms with Gasteiger partial charge in [0.15, 0.2) is 0 Å². The smallest absolute Gasteiger partial charge is 0.422 e. The predicted octanol–water partition coefficient (Wildman–Crippen LogP) is -0.784. The first-order chi connectivity index (χ1) is 7.96. The van der Waals surface area contributed by atoms with E-state index in [0.717, 1.165) is 0 Å². The van der Waals surface area contributed by atoms with Gasteiger partial charge in [-0.1, -0.05) is 0 Å². The zero-order valence-electron chi connectivity index (χ0n) is 9.05. The molecule has 0 aromatic carbocycles. The topological polar surface area (TPSA) is 135 Å². The van der Waals surface area contributed by atoms with E-state index < -0.39 is 16.3 Å². The molecule has 0 atom stereocenters. The van der Waals surface area contributed by atoms with Gasteiger partial charge in [-0.25, -0.2) is 19.3 Å². The van der Waals surface area contributed by atoms with Crippen LogP contribution in [-0.2, 0) is 14.9 Å². The standard InChI is InChI=1S/C6H11N5O5S/c1-3-16-6(12)11-17(13,14)10-4-7-5(15-2)9-8-4/h3H2,1-2H3,(H,11,12)(H2,7,8,9,10). The Balaban J connectivity index is 2.63. The Labute approximate surface area is 96.9 Å². The van der Waals surface area contributed by atoms with Gasteiger partial charge >= 0.3 is 22.3 Å². The van der Waals surface area contributed by atoms with Crippen molar-refractivity contribution >= 4 is 22.3 Å². The molecule has 10 nitrogen and oxygen atoms in total. The first kappa shape index (κ1) is 13.0. The number of aromatic amines is 1. The summed E-state index contributed by atoms with van der Waals surface area (Å²) >= 11 is 0. The first-order valence-corrected chi connectivity index (χ1v) is 5.89. The molecule has 1 aromatic heterocycles. The third kappa shape index (κ3) is 4.14. The Hall–Kier alpha value is -2.04. The lowest BCUT2D eigenvalue weighted by Crippen LogP contribution is -2.36. The molecular formula is C6H11N5O5S. The van der Waals surface area contributed by atoms with Gasteiger partial charge in [0.05, 0.1) is 13.7 Å². The third-order valence-corrected chi connectivity index (χ3v) is 2.27. The van der Waals surface area contributed by atoms with Crippen molar-refractivity contribution in [2.75, 3.05) is 18.4 Å². The van der Waals surface area contributed by atoms with Crippen LogP contribution in [0.15, 0.2) is 0 Å². The third-order valence-electron chi connectivity index (χ3n) is 1.37. The van der Waals surface area contributed by atoms with Crippen LogP contribution in [0.5, 0.6) is 6.01 Å². The van der Waals surface area contributed by atoms with Gasteiger partial charge < -0.3 is 9.47 Å². The molecule has 0 saturated heterocycles. The molecule has 1 aromatic rings. The second-order valence-electron chi connectivity index (χ2n) is 2.60. The fourth-order valence-electron chi connectivity index (χ4n) is 0.806. The van der Waals surface area contributed by atoms with Crippen molar-refractivity contribution in [3.63, 3.8) is 0 Å². The fourth-order valence-corrected chi connectivity index (χ4v) is 1.48. The average Bonchev–Trinajstić information content (AvgIpc) is 2.63. The maximum absolute atomic E-state index is 11.3. The molecule has 17 heavy (non-hydrogen) atoms. The molecule has 1 rings (SSSR count). The summed E-state index contributed by atoms with van der Waals surface area (Å²) in [6, 6.07) is -0.0427. The van der Waals surface area contributed by atoms with E-state index in [1.165, 1.54) is 7.11 Å². The van der Waals surface area contributed by atoms with Crippen molar-refractivity contribution in [1.82, 2.24) is 19.9 Å². The Morgan fingerprint density at radius 3 is 2.76 bits per heavy atom. The van der Waals surface area contributed by atoms with Gasteiger partial charge in [0.25, 0.3) is 0 Å². The lowest BCUT2D eigenvalue weighted by molar-refractivity contribution is 0.159. The van der Waals surface area contributed by atoms with Crippen molar-refractivity contribution < 1.29 is 22.7 Å². The quantitative estimate of drug-likeness (QED) is 0.635. The number of hydrogen-bond donors (Lipinski definition) is 3. The molecule has 1 amide bonds. The molecule has 0 radical (unpaired) electrons. The van der Waals surface area contributed by atoms with Crippen LogP contribution in [0, 0.1) is 0 Å². The normalized spacial score (nSPS) is 10.7. The van der Waals surface area contributed by atoms with Gasteiger partial charge in [0.1, 0.15) is 0 Å². The summed E-state index contributed by atoms with van der Waals surface area (Å²) in [4.78, 5) is 14.5. The number of amides is 1. The van der Waals surface area contributed by atoms with Crippen molar-refractivity contribution in [3.05, 3.63) is 0 Å². The minimum Gasteiger partial charge on any atom is -0.466 e. The Morgan fingerprint density at radius 1 is 1.53 bits per heavy atom. The molecule has 0 spiro atoms. The number of methoxy groups -OCH3 is 1. The van der Waals surface area contributed by atoms with Crippen LogP contribution in [0.2, 0.25) is 0 Å². The number of nitrogens with zero attached hydrogens (tertiary/aromatic N) is 2. The predicted molar refractivity (Wildman–Crippen MR) is 55.6 cm³/mol. The minimum atomic E-state index is -4.11. The Morgan fingerprint density at radius 2 is 2.24 bits per heavy atom. The van der Waals surface area contributed by atoms with E-state index in [1.807, 2.05) is 4.72 Å². The van der Waals surface area contributed by atoms with Crippen LogP contribution < -0.4 is 14.2 Å². The van der Waals surface area contributed by atoms with Gasteiger partial charge in [-0.05, 0) is 6.92 Å². The first-order valence-electron chi connectivity index (χ1n) is 4.40. The molecule has 11 heteroatoms. The van der Waals surface area contributed by atoms with E-state index in [1.54, 1.807) is 11.6 Å². The summed E-state index contributed by atoms with van der Waals surface area (Å²) in [5.74, 6) is -0.196. The number of carbonyl (C=O) groups is 1. The van der Waals surface area contributed by atoms with Gasteiger partial charge in [0.2, 0.25) is 5.95 Å². The second-order valence-corrected chi connectivity index (χ2v) is 4.01. The van der Waals surface area contributed by atoms with Crippen LogP contribution >= 0.6 is 0 Å². The summed E-state index contributed by atoms with van der Waals surface area (Å²) in [6.45, 7) is 1.60. The molecule has 96 valence electrons. The number of nitrogens with one attached hydrogen (secondary N) is 3. The van der Waals surface area contributed by atoms with Gasteiger partial charge in [-0.3, -0.25) is 0 Å². The molecule has 0 aliphatic carbocycles. The van der Waals surface area contributed by atoms with E-state index >= 15 is 0 Å². The van der Waals surface area contributed by atoms with Crippen molar-refractivity contribution in [1.29, 1.82) is 0 Å². The van der Waals surface area contributed by atoms with Crippen molar-refractivity contribution in [2.24, 2.45) is 0 Å². The van der Waals surface area contributed by atoms with Crippen LogP contribution in [0.4, 0.5) is 10.7 Å². The Kier molecular flexibility index (Phi) is 4.09. The number of rotatable bonds is 5. The van der Waals surface area contributed by atoms with E-state index in [4.69, 9.17) is 0 Å². The largest absolute Gasteiger partial charge is 0.466 e. The summed E-state index contributed by atoms with van der Waals surface area (Å²) in [5.41, 5.74) is 0.